The molecule has 8 heteroatoms. The van der Waals surface area contributed by atoms with Gasteiger partial charge >= 0.3 is 0 Å². The van der Waals surface area contributed by atoms with E-state index in [4.69, 9.17) is 28.3 Å². The van der Waals surface area contributed by atoms with E-state index >= 15 is 0 Å². The molecule has 0 fully saturated rings. The molecule has 1 amide bonds. The van der Waals surface area contributed by atoms with Crippen molar-refractivity contribution in [3.05, 3.63) is 86.3 Å². The molecule has 0 aliphatic rings. The van der Waals surface area contributed by atoms with Gasteiger partial charge in [0.05, 0.1) is 11.4 Å². The predicted octanol–water partition coefficient (Wildman–Crippen LogP) is 5.70. The summed E-state index contributed by atoms with van der Waals surface area (Å²) in [4.78, 5) is 26.5. The number of pyridine rings is 1. The van der Waals surface area contributed by atoms with Gasteiger partial charge in [-0.15, -0.1) is 0 Å². The van der Waals surface area contributed by atoms with Gasteiger partial charge in [-0.1, -0.05) is 48.3 Å². The molecule has 0 saturated carbocycles. The fourth-order valence-electron chi connectivity index (χ4n) is 4.02. The normalized spacial score (nSPS) is 12.2. The second-order valence-corrected chi connectivity index (χ2v) is 8.51. The molecule has 164 valence electrons. The lowest BCUT2D eigenvalue weighted by atomic mass is 10.1. The summed E-state index contributed by atoms with van der Waals surface area (Å²) >= 11 is 12.1. The minimum Gasteiger partial charge on any atom is -0.324 e. The number of hydrogen-bond acceptors (Lipinski definition) is 3. The van der Waals surface area contributed by atoms with E-state index in [-0.39, 0.29) is 11.5 Å². The Morgan fingerprint density at radius 3 is 2.34 bits per heavy atom. The Morgan fingerprint density at radius 2 is 1.72 bits per heavy atom. The third-order valence-electron chi connectivity index (χ3n) is 5.37. The Labute approximate surface area is 195 Å². The molecule has 0 aliphatic carbocycles. The van der Waals surface area contributed by atoms with Crippen molar-refractivity contribution in [3.63, 3.8) is 0 Å². The zero-order valence-electron chi connectivity index (χ0n) is 17.9. The molecule has 32 heavy (non-hydrogen) atoms. The number of carbonyl (C=O) groups excluding carboxylic acids is 1. The topological polar surface area (TPSA) is 68.9 Å². The highest BCUT2D eigenvalue weighted by Crippen LogP contribution is 2.28. The first-order chi connectivity index (χ1) is 15.3. The van der Waals surface area contributed by atoms with Crippen LogP contribution in [-0.4, -0.2) is 20.3 Å². The summed E-state index contributed by atoms with van der Waals surface area (Å²) in [7, 11) is 0. The number of anilines is 1. The van der Waals surface area contributed by atoms with Gasteiger partial charge in [0, 0.05) is 27.2 Å². The number of rotatable bonds is 5. The van der Waals surface area contributed by atoms with Crippen molar-refractivity contribution in [1.29, 1.82) is 0 Å². The summed E-state index contributed by atoms with van der Waals surface area (Å²) in [6, 6.07) is 15.2. The summed E-state index contributed by atoms with van der Waals surface area (Å²) in [5.41, 5.74) is 3.20. The van der Waals surface area contributed by atoms with Crippen LogP contribution in [0.15, 0.2) is 59.4 Å². The smallest absolute Gasteiger partial charge is 0.253 e. The molecular weight excluding hydrogens is 447 g/mol. The molecule has 1 unspecified atom stereocenters. The average Bonchev–Trinajstić information content (AvgIpc) is 3.08. The SMILES string of the molecule is CCC(C(=O)Nc1cc(Cl)cc(Cl)c1)n1c(=O)cc(C)c2c(C)nn(-c3ccccc3)c21. The number of para-hydroxylation sites is 1. The predicted molar refractivity (Wildman–Crippen MR) is 129 cm³/mol. The van der Waals surface area contributed by atoms with E-state index in [1.165, 1.54) is 4.57 Å². The first-order valence-corrected chi connectivity index (χ1v) is 11.0. The lowest BCUT2D eigenvalue weighted by Crippen LogP contribution is -2.34. The van der Waals surface area contributed by atoms with E-state index in [1.54, 1.807) is 28.9 Å². The Bertz CT molecular complexity index is 1360. The summed E-state index contributed by atoms with van der Waals surface area (Å²) < 4.78 is 3.25. The van der Waals surface area contributed by atoms with Crippen LogP contribution in [0.25, 0.3) is 16.7 Å². The van der Waals surface area contributed by atoms with Gasteiger partial charge in [-0.3, -0.25) is 14.2 Å². The maximum atomic E-state index is 13.3. The van der Waals surface area contributed by atoms with E-state index in [1.807, 2.05) is 51.1 Å². The van der Waals surface area contributed by atoms with Gasteiger partial charge in [-0.25, -0.2) is 4.68 Å². The molecule has 2 heterocycles. The Hall–Kier alpha value is -3.09. The van der Waals surface area contributed by atoms with Crippen molar-refractivity contribution >= 4 is 45.8 Å². The van der Waals surface area contributed by atoms with Crippen LogP contribution >= 0.6 is 23.2 Å². The van der Waals surface area contributed by atoms with Gasteiger partial charge in [0.2, 0.25) is 5.91 Å². The van der Waals surface area contributed by atoms with Crippen LogP contribution in [0.3, 0.4) is 0 Å². The number of hydrogen-bond donors (Lipinski definition) is 1. The van der Waals surface area contributed by atoms with E-state index in [0.29, 0.717) is 27.8 Å². The molecule has 4 rings (SSSR count). The maximum absolute atomic E-state index is 13.3. The van der Waals surface area contributed by atoms with Crippen LogP contribution in [-0.2, 0) is 4.79 Å². The second-order valence-electron chi connectivity index (χ2n) is 7.64. The van der Waals surface area contributed by atoms with Crippen molar-refractivity contribution in [1.82, 2.24) is 14.3 Å². The zero-order valence-corrected chi connectivity index (χ0v) is 19.4. The van der Waals surface area contributed by atoms with Crippen LogP contribution in [0.1, 0.15) is 30.6 Å². The zero-order chi connectivity index (χ0) is 23.0. The maximum Gasteiger partial charge on any atom is 0.253 e. The minimum atomic E-state index is -0.762. The van der Waals surface area contributed by atoms with Crippen LogP contribution in [0.4, 0.5) is 5.69 Å². The van der Waals surface area contributed by atoms with Crippen molar-refractivity contribution in [2.45, 2.75) is 33.2 Å². The molecule has 0 saturated heterocycles. The van der Waals surface area contributed by atoms with Gasteiger partial charge in [-0.05, 0) is 56.2 Å². The standard InChI is InChI=1S/C24H22Cl2N4O2/c1-4-20(23(32)27-18-12-16(25)11-17(26)13-18)29-21(31)10-14(2)22-15(3)28-30(24(22)29)19-8-6-5-7-9-19/h5-13,20H,4H2,1-3H3,(H,27,32). The Balaban J connectivity index is 1.90. The second kappa shape index (κ2) is 8.81. The fraction of sp³-hybridized carbons (Fsp3) is 0.208. The first-order valence-electron chi connectivity index (χ1n) is 10.2. The average molecular weight is 469 g/mol. The van der Waals surface area contributed by atoms with Gasteiger partial charge in [-0.2, -0.15) is 5.10 Å². The summed E-state index contributed by atoms with van der Waals surface area (Å²) in [5.74, 6) is -0.337. The van der Waals surface area contributed by atoms with Crippen LogP contribution in [0, 0.1) is 13.8 Å². The van der Waals surface area contributed by atoms with Crippen molar-refractivity contribution in [3.8, 4) is 5.69 Å². The Kier molecular flexibility index (Phi) is 6.09. The lowest BCUT2D eigenvalue weighted by molar-refractivity contribution is -0.119. The highest BCUT2D eigenvalue weighted by molar-refractivity contribution is 6.35. The monoisotopic (exact) mass is 468 g/mol. The number of halogens is 2. The number of aromatic nitrogens is 3. The van der Waals surface area contributed by atoms with Gasteiger partial charge < -0.3 is 5.32 Å². The van der Waals surface area contributed by atoms with E-state index in [9.17, 15) is 9.59 Å². The lowest BCUT2D eigenvalue weighted by Gasteiger charge is -2.21. The molecule has 2 aromatic heterocycles. The van der Waals surface area contributed by atoms with Gasteiger partial charge in [0.15, 0.2) is 0 Å². The van der Waals surface area contributed by atoms with Crippen LogP contribution in [0.2, 0.25) is 10.0 Å². The largest absolute Gasteiger partial charge is 0.324 e. The molecular formula is C24H22Cl2N4O2. The van der Waals surface area contributed by atoms with E-state index < -0.39 is 6.04 Å². The number of carbonyl (C=O) groups is 1. The third-order valence-corrected chi connectivity index (χ3v) is 5.80. The molecule has 4 aromatic rings. The molecule has 1 N–H and O–H groups in total. The molecule has 0 radical (unpaired) electrons. The summed E-state index contributed by atoms with van der Waals surface area (Å²) in [6.07, 6.45) is 0.400. The highest BCUT2D eigenvalue weighted by Gasteiger charge is 2.26. The quantitative estimate of drug-likeness (QED) is 0.408. The summed E-state index contributed by atoms with van der Waals surface area (Å²) in [5, 5.41) is 9.22. The third kappa shape index (κ3) is 4.04. The molecule has 6 nitrogen and oxygen atoms in total. The van der Waals surface area contributed by atoms with Crippen LogP contribution in [0.5, 0.6) is 0 Å². The molecule has 0 aliphatic heterocycles. The molecule has 0 bridgehead atoms. The number of nitrogens with one attached hydrogen (secondary N) is 1. The number of aryl methyl sites for hydroxylation is 2. The molecule has 1 atom stereocenters. The minimum absolute atomic E-state index is 0.266. The molecule has 2 aromatic carbocycles. The first kappa shape index (κ1) is 22.1. The summed E-state index contributed by atoms with van der Waals surface area (Å²) in [6.45, 7) is 5.65. The van der Waals surface area contributed by atoms with Gasteiger partial charge in [0.1, 0.15) is 11.7 Å². The number of fused-ring (bicyclic) bond motifs is 1. The van der Waals surface area contributed by atoms with Crippen molar-refractivity contribution in [2.24, 2.45) is 0 Å². The van der Waals surface area contributed by atoms with Gasteiger partial charge in [0.25, 0.3) is 5.56 Å². The Morgan fingerprint density at radius 1 is 1.06 bits per heavy atom. The van der Waals surface area contributed by atoms with E-state index in [0.717, 1.165) is 22.3 Å². The number of benzene rings is 2. The molecule has 0 spiro atoms. The number of amides is 1. The fourth-order valence-corrected chi connectivity index (χ4v) is 4.54. The number of nitrogens with zero attached hydrogens (tertiary/aromatic N) is 3. The van der Waals surface area contributed by atoms with Crippen molar-refractivity contribution in [2.75, 3.05) is 5.32 Å². The van der Waals surface area contributed by atoms with Crippen LogP contribution < -0.4 is 10.9 Å². The van der Waals surface area contributed by atoms with E-state index in [2.05, 4.69) is 5.32 Å². The van der Waals surface area contributed by atoms with Crippen molar-refractivity contribution < 1.29 is 4.79 Å². The highest BCUT2D eigenvalue weighted by atomic mass is 35.5.